The van der Waals surface area contributed by atoms with Crippen LogP contribution in [0.2, 0.25) is 0 Å². The maximum absolute atomic E-state index is 13.5. The van der Waals surface area contributed by atoms with Crippen molar-refractivity contribution in [3.8, 4) is 11.5 Å². The van der Waals surface area contributed by atoms with Crippen LogP contribution in [-0.2, 0) is 16.6 Å². The maximum Gasteiger partial charge on any atom is 0.270 e. The summed E-state index contributed by atoms with van der Waals surface area (Å²) in [4.78, 5) is 33.6. The number of ketones is 1. The zero-order valence-corrected chi connectivity index (χ0v) is 18.4. The molecule has 33 heavy (non-hydrogen) atoms. The number of likely N-dealkylation sites (tertiary alicyclic amines) is 1. The first-order chi connectivity index (χ1) is 16.0. The second-order valence-electron chi connectivity index (χ2n) is 10.4. The number of hydrogen-bond acceptors (Lipinski definition) is 6. The first-order valence-corrected chi connectivity index (χ1v) is 12.1. The molecule has 1 aromatic carbocycles. The van der Waals surface area contributed by atoms with Gasteiger partial charge in [0.05, 0.1) is 11.0 Å². The second-order valence-corrected chi connectivity index (χ2v) is 10.4. The van der Waals surface area contributed by atoms with E-state index in [0.29, 0.717) is 24.3 Å². The zero-order chi connectivity index (χ0) is 22.4. The predicted octanol–water partition coefficient (Wildman–Crippen LogP) is 2.36. The summed E-state index contributed by atoms with van der Waals surface area (Å²) in [6, 6.07) is 9.09. The van der Waals surface area contributed by atoms with Crippen molar-refractivity contribution in [1.29, 1.82) is 0 Å². The summed E-state index contributed by atoms with van der Waals surface area (Å²) in [5.74, 6) is 1.10. The standard InChI is InChI=1S/C26H27N3O4/c30-18-7-6-16-13-20-26(28-24(32)17-3-1-2-11-27-17)9-8-19(31)23-25(26,21(16)22(18)33-23)10-12-29(20)14-15-4-5-15/h1-3,6-7,11,15,20,23,30H,4-5,8-10,12-14H2,(H,28,32)/t20-,23+,25?,26-/m1/s1. The Morgan fingerprint density at radius 2 is 2.12 bits per heavy atom. The minimum absolute atomic E-state index is 0.0653. The van der Waals surface area contributed by atoms with Gasteiger partial charge in [-0.05, 0) is 68.3 Å². The first-order valence-electron chi connectivity index (χ1n) is 12.1. The molecule has 1 spiro atoms. The number of carbonyl (C=O) groups is 2. The SMILES string of the molecule is O=C(N[C@@]12CCC(=O)[C@@H]3Oc4c(O)ccc5c4C31CCN(CC1CC1)[C@@H]2C5)c1ccccn1. The molecular formula is C26H27N3O4. The van der Waals surface area contributed by atoms with Gasteiger partial charge in [0, 0.05) is 30.8 Å². The van der Waals surface area contributed by atoms with Crippen LogP contribution < -0.4 is 10.1 Å². The van der Waals surface area contributed by atoms with E-state index in [2.05, 4.69) is 15.2 Å². The highest BCUT2D eigenvalue weighted by Gasteiger charge is 2.74. The predicted molar refractivity (Wildman–Crippen MR) is 119 cm³/mol. The molecule has 170 valence electrons. The van der Waals surface area contributed by atoms with E-state index in [4.69, 9.17) is 4.74 Å². The van der Waals surface area contributed by atoms with Crippen molar-refractivity contribution < 1.29 is 19.4 Å². The Bertz CT molecular complexity index is 1180. The van der Waals surface area contributed by atoms with Crippen molar-refractivity contribution in [3.05, 3.63) is 53.3 Å². The van der Waals surface area contributed by atoms with Gasteiger partial charge in [-0.15, -0.1) is 0 Å². The lowest BCUT2D eigenvalue weighted by Gasteiger charge is -2.65. The molecule has 2 aliphatic heterocycles. The Kier molecular flexibility index (Phi) is 3.89. The van der Waals surface area contributed by atoms with E-state index >= 15 is 0 Å². The monoisotopic (exact) mass is 445 g/mol. The van der Waals surface area contributed by atoms with Crippen molar-refractivity contribution >= 4 is 11.7 Å². The average Bonchev–Trinajstić information content (AvgIpc) is 3.57. The number of aromatic hydroxyl groups is 1. The lowest BCUT2D eigenvalue weighted by molar-refractivity contribution is -0.143. The number of Topliss-reactive ketones (excluding diaryl/α,β-unsaturated/α-hetero) is 1. The zero-order valence-electron chi connectivity index (χ0n) is 18.4. The van der Waals surface area contributed by atoms with Gasteiger partial charge < -0.3 is 15.2 Å². The topological polar surface area (TPSA) is 91.8 Å². The maximum atomic E-state index is 13.5. The number of carbonyl (C=O) groups excluding carboxylic acids is 2. The molecule has 1 saturated heterocycles. The van der Waals surface area contributed by atoms with Gasteiger partial charge in [-0.25, -0.2) is 0 Å². The van der Waals surface area contributed by atoms with Crippen LogP contribution in [0, 0.1) is 5.92 Å². The van der Waals surface area contributed by atoms with E-state index < -0.39 is 17.1 Å². The summed E-state index contributed by atoms with van der Waals surface area (Å²) in [5, 5.41) is 14.1. The summed E-state index contributed by atoms with van der Waals surface area (Å²) in [7, 11) is 0. The minimum atomic E-state index is -0.678. The van der Waals surface area contributed by atoms with Gasteiger partial charge in [-0.2, -0.15) is 0 Å². The molecule has 2 bridgehead atoms. The highest BCUT2D eigenvalue weighted by Crippen LogP contribution is 2.65. The van der Waals surface area contributed by atoms with Crippen LogP contribution in [-0.4, -0.2) is 57.5 Å². The number of aromatic nitrogens is 1. The Labute approximate surface area is 192 Å². The summed E-state index contributed by atoms with van der Waals surface area (Å²) >= 11 is 0. The Hall–Kier alpha value is -2.93. The molecule has 3 aliphatic carbocycles. The summed E-state index contributed by atoms with van der Waals surface area (Å²) in [5.41, 5.74) is 1.14. The van der Waals surface area contributed by atoms with Crippen molar-refractivity contribution in [2.75, 3.05) is 13.1 Å². The number of amides is 1. The first kappa shape index (κ1) is 19.5. The smallest absolute Gasteiger partial charge is 0.270 e. The largest absolute Gasteiger partial charge is 0.504 e. The van der Waals surface area contributed by atoms with E-state index in [-0.39, 0.29) is 23.5 Å². The third kappa shape index (κ3) is 2.46. The fourth-order valence-electron chi connectivity index (χ4n) is 7.33. The van der Waals surface area contributed by atoms with Gasteiger partial charge in [0.1, 0.15) is 5.69 Å². The van der Waals surface area contributed by atoms with Crippen LogP contribution in [0.15, 0.2) is 36.5 Å². The third-order valence-electron chi connectivity index (χ3n) is 8.85. The summed E-state index contributed by atoms with van der Waals surface area (Å²) in [6.07, 6.45) is 5.90. The molecule has 3 heterocycles. The number of piperidine rings is 1. The molecule has 7 nitrogen and oxygen atoms in total. The number of benzene rings is 1. The number of ether oxygens (including phenoxy) is 1. The van der Waals surface area contributed by atoms with Crippen molar-refractivity contribution in [1.82, 2.24) is 15.2 Å². The lowest BCUT2D eigenvalue weighted by Crippen LogP contribution is -2.82. The van der Waals surface area contributed by atoms with Gasteiger partial charge in [0.15, 0.2) is 23.4 Å². The molecule has 1 unspecified atom stereocenters. The Balaban J connectivity index is 1.43. The molecule has 7 rings (SSSR count). The molecule has 7 heteroatoms. The molecular weight excluding hydrogens is 418 g/mol. The number of phenolic OH excluding ortho intramolecular Hbond substituents is 1. The molecule has 2 saturated carbocycles. The van der Waals surface area contributed by atoms with Gasteiger partial charge in [0.25, 0.3) is 5.91 Å². The van der Waals surface area contributed by atoms with E-state index in [9.17, 15) is 14.7 Å². The van der Waals surface area contributed by atoms with Gasteiger partial charge >= 0.3 is 0 Å². The van der Waals surface area contributed by atoms with Crippen LogP contribution in [0.5, 0.6) is 11.5 Å². The highest BCUT2D eigenvalue weighted by molar-refractivity contribution is 5.95. The average molecular weight is 446 g/mol. The van der Waals surface area contributed by atoms with Crippen LogP contribution in [0.4, 0.5) is 0 Å². The number of rotatable bonds is 4. The van der Waals surface area contributed by atoms with Crippen molar-refractivity contribution in [2.24, 2.45) is 5.92 Å². The number of pyridine rings is 1. The van der Waals surface area contributed by atoms with E-state index in [1.54, 1.807) is 24.4 Å². The van der Waals surface area contributed by atoms with Crippen LogP contribution in [0.3, 0.4) is 0 Å². The molecule has 5 aliphatic rings. The third-order valence-corrected chi connectivity index (χ3v) is 8.85. The molecule has 0 radical (unpaired) electrons. The number of nitrogens with one attached hydrogen (secondary N) is 1. The van der Waals surface area contributed by atoms with E-state index in [0.717, 1.165) is 43.0 Å². The molecule has 1 aromatic heterocycles. The molecule has 4 atom stereocenters. The molecule has 2 aromatic rings. The van der Waals surface area contributed by atoms with Gasteiger partial charge in [0.2, 0.25) is 0 Å². The van der Waals surface area contributed by atoms with Crippen molar-refractivity contribution in [2.45, 2.75) is 61.6 Å². The van der Waals surface area contributed by atoms with Gasteiger partial charge in [-0.1, -0.05) is 12.1 Å². The lowest BCUT2D eigenvalue weighted by atomic mass is 9.47. The Morgan fingerprint density at radius 3 is 2.91 bits per heavy atom. The highest BCUT2D eigenvalue weighted by atomic mass is 16.5. The molecule has 1 amide bonds. The summed E-state index contributed by atoms with van der Waals surface area (Å²) in [6.45, 7) is 1.89. The fraction of sp³-hybridized carbons (Fsp3) is 0.500. The molecule has 3 fully saturated rings. The van der Waals surface area contributed by atoms with Crippen molar-refractivity contribution in [3.63, 3.8) is 0 Å². The van der Waals surface area contributed by atoms with Crippen LogP contribution in [0.1, 0.15) is 53.7 Å². The normalized spacial score (nSPS) is 33.9. The fourth-order valence-corrected chi connectivity index (χ4v) is 7.33. The number of hydrogen-bond donors (Lipinski definition) is 2. The number of nitrogens with zero attached hydrogens (tertiary/aromatic N) is 2. The van der Waals surface area contributed by atoms with Crippen LogP contribution in [0.25, 0.3) is 0 Å². The van der Waals surface area contributed by atoms with Crippen LogP contribution >= 0.6 is 0 Å². The number of phenols is 1. The second kappa shape index (κ2) is 6.56. The van der Waals surface area contributed by atoms with E-state index in [1.165, 1.54) is 12.8 Å². The van der Waals surface area contributed by atoms with Gasteiger partial charge in [-0.3, -0.25) is 19.5 Å². The molecule has 2 N–H and O–H groups in total. The minimum Gasteiger partial charge on any atom is -0.504 e. The summed E-state index contributed by atoms with van der Waals surface area (Å²) < 4.78 is 6.28. The Morgan fingerprint density at radius 1 is 1.24 bits per heavy atom. The van der Waals surface area contributed by atoms with E-state index in [1.807, 2.05) is 12.1 Å². The quantitative estimate of drug-likeness (QED) is 0.751.